The monoisotopic (exact) mass is 316 g/mol. The maximum absolute atomic E-state index is 12.8. The van der Waals surface area contributed by atoms with Crippen molar-refractivity contribution in [1.29, 1.82) is 0 Å². The van der Waals surface area contributed by atoms with E-state index in [9.17, 15) is 9.18 Å². The van der Waals surface area contributed by atoms with Gasteiger partial charge in [-0.05, 0) is 17.7 Å². The molecule has 1 aromatic carbocycles. The van der Waals surface area contributed by atoms with Crippen LogP contribution in [0.5, 0.6) is 0 Å². The molecule has 0 saturated carbocycles. The zero-order chi connectivity index (χ0) is 16.1. The van der Waals surface area contributed by atoms with Gasteiger partial charge in [0.2, 0.25) is 5.95 Å². The molecule has 0 atom stereocenters. The highest BCUT2D eigenvalue weighted by Crippen LogP contribution is 2.09. The lowest BCUT2D eigenvalue weighted by Crippen LogP contribution is -2.37. The van der Waals surface area contributed by atoms with Crippen molar-refractivity contribution in [3.05, 3.63) is 53.6 Å². The molecule has 7 heteroatoms. The number of carbonyl (C=O) groups is 1. The first-order valence-corrected chi connectivity index (χ1v) is 7.40. The van der Waals surface area contributed by atoms with Crippen LogP contribution in [0.2, 0.25) is 0 Å². The summed E-state index contributed by atoms with van der Waals surface area (Å²) in [6.07, 6.45) is 3.02. The van der Waals surface area contributed by atoms with Crippen molar-refractivity contribution in [3.8, 4) is 0 Å². The molecule has 1 N–H and O–H groups in total. The van der Waals surface area contributed by atoms with Crippen LogP contribution in [0.3, 0.4) is 0 Å². The second-order valence-electron chi connectivity index (χ2n) is 5.18. The van der Waals surface area contributed by atoms with Crippen LogP contribution in [0.25, 0.3) is 0 Å². The van der Waals surface area contributed by atoms with E-state index in [4.69, 9.17) is 4.74 Å². The Morgan fingerprint density at radius 1 is 1.17 bits per heavy atom. The summed E-state index contributed by atoms with van der Waals surface area (Å²) in [4.78, 5) is 22.6. The van der Waals surface area contributed by atoms with Gasteiger partial charge in [0.15, 0.2) is 0 Å². The summed E-state index contributed by atoms with van der Waals surface area (Å²) < 4.78 is 18.1. The Labute approximate surface area is 133 Å². The zero-order valence-corrected chi connectivity index (χ0v) is 12.5. The minimum Gasteiger partial charge on any atom is -0.378 e. The smallest absolute Gasteiger partial charge is 0.254 e. The van der Waals surface area contributed by atoms with Gasteiger partial charge >= 0.3 is 0 Å². The third-order valence-corrected chi connectivity index (χ3v) is 3.56. The summed E-state index contributed by atoms with van der Waals surface area (Å²) >= 11 is 0. The van der Waals surface area contributed by atoms with E-state index >= 15 is 0 Å². The molecule has 23 heavy (non-hydrogen) atoms. The van der Waals surface area contributed by atoms with Crippen molar-refractivity contribution in [2.45, 2.75) is 6.54 Å². The normalized spacial score (nSPS) is 14.6. The zero-order valence-electron chi connectivity index (χ0n) is 12.5. The van der Waals surface area contributed by atoms with Gasteiger partial charge in [-0.25, -0.2) is 14.4 Å². The quantitative estimate of drug-likeness (QED) is 0.923. The molecule has 0 aliphatic carbocycles. The number of hydrogen-bond donors (Lipinski definition) is 1. The lowest BCUT2D eigenvalue weighted by atomic mass is 10.2. The Bertz CT molecular complexity index is 655. The highest BCUT2D eigenvalue weighted by Gasteiger charge is 2.14. The van der Waals surface area contributed by atoms with Gasteiger partial charge in [0.25, 0.3) is 5.91 Å². The maximum Gasteiger partial charge on any atom is 0.254 e. The third kappa shape index (κ3) is 4.01. The summed E-state index contributed by atoms with van der Waals surface area (Å²) in [5, 5.41) is 2.76. The SMILES string of the molecule is O=C(NCc1ccc(F)cc1)c1cnc(N2CCOCC2)nc1. The molecule has 2 aromatic rings. The Kier molecular flexibility index (Phi) is 4.77. The maximum atomic E-state index is 12.8. The molecule has 2 heterocycles. The molecule has 1 aliphatic heterocycles. The summed E-state index contributed by atoms with van der Waals surface area (Å²) in [5.41, 5.74) is 1.22. The van der Waals surface area contributed by atoms with Gasteiger partial charge in [0.05, 0.1) is 18.8 Å². The molecular weight excluding hydrogens is 299 g/mol. The van der Waals surface area contributed by atoms with Crippen molar-refractivity contribution in [3.63, 3.8) is 0 Å². The molecule has 6 nitrogen and oxygen atoms in total. The summed E-state index contributed by atoms with van der Waals surface area (Å²) in [6, 6.07) is 5.99. The summed E-state index contributed by atoms with van der Waals surface area (Å²) in [7, 11) is 0. The number of anilines is 1. The number of ether oxygens (including phenoxy) is 1. The molecule has 1 saturated heterocycles. The van der Waals surface area contributed by atoms with E-state index in [1.54, 1.807) is 12.1 Å². The average Bonchev–Trinajstić information content (AvgIpc) is 2.62. The summed E-state index contributed by atoms with van der Waals surface area (Å²) in [6.45, 7) is 3.13. The van der Waals surface area contributed by atoms with Crippen LogP contribution >= 0.6 is 0 Å². The number of amides is 1. The van der Waals surface area contributed by atoms with Gasteiger partial charge in [-0.15, -0.1) is 0 Å². The van der Waals surface area contributed by atoms with E-state index in [0.717, 1.165) is 18.7 Å². The first-order valence-electron chi connectivity index (χ1n) is 7.40. The predicted octanol–water partition coefficient (Wildman–Crippen LogP) is 1.38. The van der Waals surface area contributed by atoms with Gasteiger partial charge in [0, 0.05) is 32.0 Å². The van der Waals surface area contributed by atoms with Gasteiger partial charge in [-0.3, -0.25) is 4.79 Å². The number of benzene rings is 1. The number of carbonyl (C=O) groups excluding carboxylic acids is 1. The number of rotatable bonds is 4. The molecule has 0 bridgehead atoms. The van der Waals surface area contributed by atoms with Crippen LogP contribution in [0.15, 0.2) is 36.7 Å². The van der Waals surface area contributed by atoms with Gasteiger partial charge in [-0.2, -0.15) is 0 Å². The summed E-state index contributed by atoms with van der Waals surface area (Å²) in [5.74, 6) is 0.0402. The van der Waals surface area contributed by atoms with E-state index in [1.807, 2.05) is 4.90 Å². The minimum atomic E-state index is -0.299. The highest BCUT2D eigenvalue weighted by atomic mass is 19.1. The average molecular weight is 316 g/mol. The molecule has 1 fully saturated rings. The number of morpholine rings is 1. The van der Waals surface area contributed by atoms with Crippen LogP contribution in [0.4, 0.5) is 10.3 Å². The molecule has 0 spiro atoms. The van der Waals surface area contributed by atoms with Crippen molar-refractivity contribution in [1.82, 2.24) is 15.3 Å². The molecule has 0 radical (unpaired) electrons. The molecular formula is C16H17FN4O2. The molecule has 120 valence electrons. The first kappa shape index (κ1) is 15.4. The van der Waals surface area contributed by atoms with Crippen LogP contribution in [-0.4, -0.2) is 42.2 Å². The van der Waals surface area contributed by atoms with E-state index in [2.05, 4.69) is 15.3 Å². The molecule has 1 aliphatic rings. The fraction of sp³-hybridized carbons (Fsp3) is 0.312. The van der Waals surface area contributed by atoms with E-state index in [0.29, 0.717) is 31.3 Å². The molecule has 3 rings (SSSR count). The van der Waals surface area contributed by atoms with Crippen LogP contribution in [0, 0.1) is 5.82 Å². The predicted molar refractivity (Wildman–Crippen MR) is 82.6 cm³/mol. The number of nitrogens with one attached hydrogen (secondary N) is 1. The Hall–Kier alpha value is -2.54. The van der Waals surface area contributed by atoms with E-state index < -0.39 is 0 Å². The van der Waals surface area contributed by atoms with Crippen LogP contribution in [-0.2, 0) is 11.3 Å². The number of halogens is 1. The second kappa shape index (κ2) is 7.15. The molecule has 1 amide bonds. The third-order valence-electron chi connectivity index (χ3n) is 3.56. The minimum absolute atomic E-state index is 0.261. The van der Waals surface area contributed by atoms with Gasteiger partial charge in [0.1, 0.15) is 5.82 Å². The number of hydrogen-bond acceptors (Lipinski definition) is 5. The lowest BCUT2D eigenvalue weighted by molar-refractivity contribution is 0.0950. The second-order valence-corrected chi connectivity index (χ2v) is 5.18. The van der Waals surface area contributed by atoms with Crippen molar-refractivity contribution in [2.75, 3.05) is 31.2 Å². The Morgan fingerprint density at radius 3 is 2.48 bits per heavy atom. The van der Waals surface area contributed by atoms with Gasteiger partial charge < -0.3 is 15.0 Å². The fourth-order valence-corrected chi connectivity index (χ4v) is 2.25. The largest absolute Gasteiger partial charge is 0.378 e. The van der Waals surface area contributed by atoms with Crippen LogP contribution in [0.1, 0.15) is 15.9 Å². The van der Waals surface area contributed by atoms with E-state index in [1.165, 1.54) is 24.5 Å². The molecule has 0 unspecified atom stereocenters. The first-order chi connectivity index (χ1) is 11.2. The van der Waals surface area contributed by atoms with Crippen LogP contribution < -0.4 is 10.2 Å². The van der Waals surface area contributed by atoms with Crippen molar-refractivity contribution in [2.24, 2.45) is 0 Å². The number of aromatic nitrogens is 2. The number of nitrogens with zero attached hydrogens (tertiary/aromatic N) is 3. The highest BCUT2D eigenvalue weighted by molar-refractivity contribution is 5.93. The Morgan fingerprint density at radius 2 is 1.83 bits per heavy atom. The lowest BCUT2D eigenvalue weighted by Gasteiger charge is -2.26. The molecule has 1 aromatic heterocycles. The topological polar surface area (TPSA) is 67.4 Å². The fourth-order valence-electron chi connectivity index (χ4n) is 2.25. The van der Waals surface area contributed by atoms with E-state index in [-0.39, 0.29) is 11.7 Å². The van der Waals surface area contributed by atoms with Crippen molar-refractivity contribution >= 4 is 11.9 Å². The standard InChI is InChI=1S/C16H17FN4O2/c17-14-3-1-12(2-4-14)9-18-15(22)13-10-19-16(20-11-13)21-5-7-23-8-6-21/h1-4,10-11H,5-9H2,(H,18,22). The van der Waals surface area contributed by atoms with Crippen molar-refractivity contribution < 1.29 is 13.9 Å². The Balaban J connectivity index is 1.57. The van der Waals surface area contributed by atoms with Gasteiger partial charge in [-0.1, -0.05) is 12.1 Å².